The van der Waals surface area contributed by atoms with Gasteiger partial charge in [0, 0.05) is 18.2 Å². The van der Waals surface area contributed by atoms with E-state index < -0.39 is 17.4 Å². The Balaban J connectivity index is 1.79. The second kappa shape index (κ2) is 10.6. The molecule has 2 N–H and O–H groups in total. The highest BCUT2D eigenvalue weighted by Crippen LogP contribution is 2.44. The van der Waals surface area contributed by atoms with Crippen LogP contribution in [0.5, 0.6) is 28.7 Å². The third-order valence-corrected chi connectivity index (χ3v) is 6.28. The van der Waals surface area contributed by atoms with Crippen molar-refractivity contribution in [3.63, 3.8) is 0 Å². The molecule has 0 fully saturated rings. The molecule has 1 aliphatic rings. The van der Waals surface area contributed by atoms with Crippen LogP contribution in [0.25, 0.3) is 0 Å². The smallest absolute Gasteiger partial charge is 0.306 e. The van der Waals surface area contributed by atoms with Gasteiger partial charge in [0.1, 0.15) is 24.7 Å². The maximum atomic E-state index is 13.7. The van der Waals surface area contributed by atoms with Gasteiger partial charge in [0.15, 0.2) is 11.5 Å². The Bertz CT molecular complexity index is 1300. The summed E-state index contributed by atoms with van der Waals surface area (Å²) in [5.74, 6) is -0.121. The molecule has 0 bridgehead atoms. The molecule has 0 spiro atoms. The van der Waals surface area contributed by atoms with E-state index in [2.05, 4.69) is 0 Å². The van der Waals surface area contributed by atoms with E-state index in [0.29, 0.717) is 54.7 Å². The Morgan fingerprint density at radius 3 is 2.50 bits per heavy atom. The summed E-state index contributed by atoms with van der Waals surface area (Å²) in [6.45, 7) is 2.81. The molecule has 1 aromatic heterocycles. The summed E-state index contributed by atoms with van der Waals surface area (Å²) in [5.41, 5.74) is 1.74. The second-order valence-electron chi connectivity index (χ2n) is 8.54. The van der Waals surface area contributed by atoms with E-state index in [9.17, 15) is 19.8 Å². The fraction of sp³-hybridized carbons (Fsp3) is 0.333. The number of aromatic hydroxyl groups is 2. The van der Waals surface area contributed by atoms with Gasteiger partial charge in [-0.25, -0.2) is 0 Å². The molecule has 2 heterocycles. The van der Waals surface area contributed by atoms with Gasteiger partial charge >= 0.3 is 5.97 Å². The van der Waals surface area contributed by atoms with E-state index in [-0.39, 0.29) is 23.5 Å². The molecule has 0 saturated carbocycles. The highest BCUT2D eigenvalue weighted by atomic mass is 16.6. The van der Waals surface area contributed by atoms with Crippen LogP contribution in [0.2, 0.25) is 0 Å². The molecule has 2 aromatic carbocycles. The van der Waals surface area contributed by atoms with Crippen LogP contribution in [0, 0.1) is 6.92 Å². The van der Waals surface area contributed by atoms with Crippen molar-refractivity contribution in [2.45, 2.75) is 32.2 Å². The molecule has 4 rings (SSSR count). The third kappa shape index (κ3) is 5.10. The minimum absolute atomic E-state index is 0.0791. The Morgan fingerprint density at radius 2 is 1.81 bits per heavy atom. The quantitative estimate of drug-likeness (QED) is 0.458. The molecule has 3 aromatic rings. The number of rotatable bonds is 8. The summed E-state index contributed by atoms with van der Waals surface area (Å²) >= 11 is 0. The number of carbonyl (C=O) groups is 1. The zero-order valence-electron chi connectivity index (χ0n) is 20.4. The summed E-state index contributed by atoms with van der Waals surface area (Å²) in [6.07, 6.45) is 0.355. The van der Waals surface area contributed by atoms with Crippen molar-refractivity contribution in [2.24, 2.45) is 0 Å². The van der Waals surface area contributed by atoms with E-state index in [1.54, 1.807) is 47.9 Å². The van der Waals surface area contributed by atoms with Gasteiger partial charge in [-0.05, 0) is 54.8 Å². The average Bonchev–Trinajstić information content (AvgIpc) is 2.88. The maximum absolute atomic E-state index is 13.7. The molecule has 0 aliphatic carbocycles. The van der Waals surface area contributed by atoms with Crippen LogP contribution in [-0.4, -0.2) is 48.2 Å². The molecule has 0 saturated heterocycles. The van der Waals surface area contributed by atoms with Gasteiger partial charge in [-0.2, -0.15) is 0 Å². The number of hydrogen-bond donors (Lipinski definition) is 2. The lowest BCUT2D eigenvalue weighted by molar-refractivity contribution is -0.140. The van der Waals surface area contributed by atoms with Crippen molar-refractivity contribution in [3.05, 3.63) is 75.2 Å². The zero-order valence-corrected chi connectivity index (χ0v) is 20.4. The molecular weight excluding hydrogens is 466 g/mol. The lowest BCUT2D eigenvalue weighted by atomic mass is 9.87. The van der Waals surface area contributed by atoms with Crippen molar-refractivity contribution >= 4 is 5.97 Å². The predicted molar refractivity (Wildman–Crippen MR) is 131 cm³/mol. The summed E-state index contributed by atoms with van der Waals surface area (Å²) in [5, 5.41) is 20.4. The van der Waals surface area contributed by atoms with Crippen molar-refractivity contribution < 1.29 is 34.0 Å². The number of aryl methyl sites for hydroxylation is 2. The standard InChI is InChI=1S/C27H29NO8/c1-16-12-21(30)25(27(32)28(16)9-8-17-4-6-19(29)7-5-17)20(15-24(31)34-3)18-13-22(33-2)26-23(14-18)35-10-11-36-26/h4-7,12-14,20,29-30H,8-11,15H2,1-3H3/t20-/m0/s1. The van der Waals surface area contributed by atoms with Crippen LogP contribution in [0.1, 0.15) is 34.7 Å². The first-order valence-electron chi connectivity index (χ1n) is 11.6. The van der Waals surface area contributed by atoms with Gasteiger partial charge < -0.3 is 33.7 Å². The van der Waals surface area contributed by atoms with Gasteiger partial charge in [-0.1, -0.05) is 12.1 Å². The largest absolute Gasteiger partial charge is 0.508 e. The van der Waals surface area contributed by atoms with E-state index in [4.69, 9.17) is 18.9 Å². The number of phenols is 1. The van der Waals surface area contributed by atoms with E-state index in [1.165, 1.54) is 20.3 Å². The fourth-order valence-corrected chi connectivity index (χ4v) is 4.41. The second-order valence-corrected chi connectivity index (χ2v) is 8.54. The van der Waals surface area contributed by atoms with Crippen molar-refractivity contribution in [2.75, 3.05) is 27.4 Å². The average molecular weight is 496 g/mol. The molecule has 9 nitrogen and oxygen atoms in total. The molecular formula is C27H29NO8. The number of fused-ring (bicyclic) bond motifs is 1. The lowest BCUT2D eigenvalue weighted by Crippen LogP contribution is -2.29. The van der Waals surface area contributed by atoms with Crippen LogP contribution in [0.3, 0.4) is 0 Å². The molecule has 0 radical (unpaired) electrons. The van der Waals surface area contributed by atoms with Crippen molar-refractivity contribution in [3.8, 4) is 28.7 Å². The molecule has 0 unspecified atom stereocenters. The molecule has 1 aliphatic heterocycles. The number of hydrogen-bond acceptors (Lipinski definition) is 8. The van der Waals surface area contributed by atoms with Gasteiger partial charge in [0.25, 0.3) is 5.56 Å². The van der Waals surface area contributed by atoms with E-state index >= 15 is 0 Å². The normalized spacial score (nSPS) is 13.2. The monoisotopic (exact) mass is 495 g/mol. The zero-order chi connectivity index (χ0) is 25.8. The van der Waals surface area contributed by atoms with Crippen molar-refractivity contribution in [1.82, 2.24) is 4.57 Å². The van der Waals surface area contributed by atoms with E-state index in [1.807, 2.05) is 0 Å². The van der Waals surface area contributed by atoms with Crippen LogP contribution < -0.4 is 19.8 Å². The fourth-order valence-electron chi connectivity index (χ4n) is 4.41. The highest BCUT2D eigenvalue weighted by Gasteiger charge is 2.29. The highest BCUT2D eigenvalue weighted by molar-refractivity contribution is 5.72. The molecule has 9 heteroatoms. The minimum atomic E-state index is -0.824. The van der Waals surface area contributed by atoms with Crippen LogP contribution in [0.4, 0.5) is 0 Å². The van der Waals surface area contributed by atoms with Crippen LogP contribution in [0.15, 0.2) is 47.3 Å². The van der Waals surface area contributed by atoms with Gasteiger partial charge in [-0.3, -0.25) is 9.59 Å². The van der Waals surface area contributed by atoms with Gasteiger partial charge in [0.2, 0.25) is 5.75 Å². The maximum Gasteiger partial charge on any atom is 0.306 e. The Hall–Kier alpha value is -4.14. The number of carbonyl (C=O) groups excluding carboxylic acids is 1. The molecule has 1 atom stereocenters. The van der Waals surface area contributed by atoms with Crippen LogP contribution >= 0.6 is 0 Å². The SMILES string of the molecule is COC(=O)C[C@@H](c1cc(OC)c2c(c1)OCCO2)c1c(O)cc(C)n(CCc2ccc(O)cc2)c1=O. The summed E-state index contributed by atoms with van der Waals surface area (Å²) in [7, 11) is 2.76. The molecule has 36 heavy (non-hydrogen) atoms. The van der Waals surface area contributed by atoms with Gasteiger partial charge in [0.05, 0.1) is 26.2 Å². The Kier molecular flexibility index (Phi) is 7.38. The molecule has 0 amide bonds. The summed E-state index contributed by atoms with van der Waals surface area (Å²) in [4.78, 5) is 26.1. The summed E-state index contributed by atoms with van der Waals surface area (Å²) < 4.78 is 23.4. The number of methoxy groups -OCH3 is 2. The number of nitrogens with zero attached hydrogens (tertiary/aromatic N) is 1. The first-order chi connectivity index (χ1) is 17.3. The van der Waals surface area contributed by atoms with Crippen LogP contribution in [-0.2, 0) is 22.5 Å². The number of benzene rings is 2. The topological polar surface area (TPSA) is 116 Å². The first-order valence-corrected chi connectivity index (χ1v) is 11.6. The van der Waals surface area contributed by atoms with Crippen molar-refractivity contribution in [1.29, 1.82) is 0 Å². The lowest BCUT2D eigenvalue weighted by Gasteiger charge is -2.25. The third-order valence-electron chi connectivity index (χ3n) is 6.28. The first kappa shape index (κ1) is 25.0. The number of esters is 1. The number of pyridine rings is 1. The Morgan fingerprint density at radius 1 is 1.08 bits per heavy atom. The molecule has 190 valence electrons. The minimum Gasteiger partial charge on any atom is -0.508 e. The number of phenolic OH excluding ortho intramolecular Hbond substituents is 1. The number of aromatic nitrogens is 1. The summed E-state index contributed by atoms with van der Waals surface area (Å²) in [6, 6.07) is 11.7. The number of ether oxygens (including phenoxy) is 4. The van der Waals surface area contributed by atoms with E-state index in [0.717, 1.165) is 5.56 Å². The van der Waals surface area contributed by atoms with Gasteiger partial charge in [-0.15, -0.1) is 0 Å². The predicted octanol–water partition coefficient (Wildman–Crippen LogP) is 3.29. The Labute approximate surface area is 208 Å².